The molecule has 3 fully saturated rings. The first-order valence-electron chi connectivity index (χ1n) is 9.14. The van der Waals surface area contributed by atoms with Gasteiger partial charge in [-0.1, -0.05) is 12.8 Å². The lowest BCUT2D eigenvalue weighted by Gasteiger charge is -2.31. The van der Waals surface area contributed by atoms with Crippen molar-refractivity contribution >= 4 is 0 Å². The van der Waals surface area contributed by atoms with Gasteiger partial charge in [0.15, 0.2) is 0 Å². The molecule has 22 heavy (non-hydrogen) atoms. The molecule has 4 atom stereocenters. The number of hydrogen-bond acceptors (Lipinski definition) is 3. The van der Waals surface area contributed by atoms with Crippen molar-refractivity contribution in [3.63, 3.8) is 0 Å². The van der Waals surface area contributed by atoms with Gasteiger partial charge < -0.3 is 10.1 Å². The second-order valence-corrected chi connectivity index (χ2v) is 7.59. The highest BCUT2D eigenvalue weighted by atomic mass is 16.5. The zero-order valence-electron chi connectivity index (χ0n) is 13.7. The van der Waals surface area contributed by atoms with Crippen molar-refractivity contribution in [2.24, 2.45) is 24.8 Å². The van der Waals surface area contributed by atoms with Gasteiger partial charge in [0.2, 0.25) is 0 Å². The van der Waals surface area contributed by atoms with E-state index in [1.807, 2.05) is 17.9 Å². The van der Waals surface area contributed by atoms with E-state index >= 15 is 0 Å². The SMILES string of the molecule is Cn1nccc1[C@@H]1OCC[C@H]1CN[C@H]1CCC[C@@H](C2CC2)C1. The predicted molar refractivity (Wildman–Crippen MR) is 86.5 cm³/mol. The van der Waals surface area contributed by atoms with E-state index in [9.17, 15) is 0 Å². The van der Waals surface area contributed by atoms with E-state index in [0.717, 1.165) is 31.0 Å². The molecule has 122 valence electrons. The van der Waals surface area contributed by atoms with Crippen LogP contribution in [-0.4, -0.2) is 29.0 Å². The summed E-state index contributed by atoms with van der Waals surface area (Å²) in [6.07, 6.45) is 11.9. The van der Waals surface area contributed by atoms with Crippen LogP contribution in [0, 0.1) is 17.8 Å². The topological polar surface area (TPSA) is 39.1 Å². The van der Waals surface area contributed by atoms with E-state index in [0.29, 0.717) is 5.92 Å². The summed E-state index contributed by atoms with van der Waals surface area (Å²) in [5, 5.41) is 8.18. The number of rotatable bonds is 5. The van der Waals surface area contributed by atoms with Gasteiger partial charge in [-0.2, -0.15) is 5.10 Å². The number of nitrogens with one attached hydrogen (secondary N) is 1. The minimum atomic E-state index is 0.225. The first-order chi connectivity index (χ1) is 10.8. The molecule has 1 aromatic rings. The van der Waals surface area contributed by atoms with Crippen molar-refractivity contribution in [3.8, 4) is 0 Å². The van der Waals surface area contributed by atoms with Crippen molar-refractivity contribution in [2.45, 2.75) is 57.1 Å². The van der Waals surface area contributed by atoms with Crippen LogP contribution < -0.4 is 5.32 Å². The standard InChI is InChI=1S/C18H29N3O/c1-21-17(7-9-20-21)18-15(8-10-22-18)12-19-16-4-2-3-14(11-16)13-5-6-13/h7,9,13-16,18-19H,2-6,8,10-12H2,1H3/t14-,15+,16+,18-/m1/s1. The molecule has 1 aromatic heterocycles. The third-order valence-corrected chi connectivity index (χ3v) is 6.04. The van der Waals surface area contributed by atoms with Gasteiger partial charge in [0.25, 0.3) is 0 Å². The normalized spacial score (nSPS) is 35.9. The Morgan fingerprint density at radius 2 is 2.14 bits per heavy atom. The average Bonchev–Trinajstić information content (AvgIpc) is 3.15. The molecular formula is C18H29N3O. The molecule has 0 amide bonds. The third-order valence-electron chi connectivity index (χ3n) is 6.04. The molecule has 0 radical (unpaired) electrons. The lowest BCUT2D eigenvalue weighted by atomic mass is 9.82. The molecule has 4 heteroatoms. The van der Waals surface area contributed by atoms with Crippen LogP contribution in [0.25, 0.3) is 0 Å². The van der Waals surface area contributed by atoms with E-state index in [2.05, 4.69) is 16.5 Å². The Morgan fingerprint density at radius 1 is 1.23 bits per heavy atom. The third kappa shape index (κ3) is 3.09. The first-order valence-corrected chi connectivity index (χ1v) is 9.14. The molecule has 4 nitrogen and oxygen atoms in total. The maximum absolute atomic E-state index is 6.00. The Hall–Kier alpha value is -0.870. The summed E-state index contributed by atoms with van der Waals surface area (Å²) in [6, 6.07) is 2.85. The summed E-state index contributed by atoms with van der Waals surface area (Å²) >= 11 is 0. The van der Waals surface area contributed by atoms with Gasteiger partial charge in [-0.25, -0.2) is 0 Å². The summed E-state index contributed by atoms with van der Waals surface area (Å²) in [6.45, 7) is 1.98. The van der Waals surface area contributed by atoms with E-state index < -0.39 is 0 Å². The zero-order chi connectivity index (χ0) is 14.9. The highest BCUT2D eigenvalue weighted by Crippen LogP contribution is 2.44. The Labute approximate surface area is 133 Å². The molecule has 0 spiro atoms. The van der Waals surface area contributed by atoms with Crippen LogP contribution in [0.1, 0.15) is 56.7 Å². The van der Waals surface area contributed by atoms with Crippen LogP contribution in [0.5, 0.6) is 0 Å². The van der Waals surface area contributed by atoms with Crippen molar-refractivity contribution in [2.75, 3.05) is 13.2 Å². The largest absolute Gasteiger partial charge is 0.372 e. The summed E-state index contributed by atoms with van der Waals surface area (Å²) in [5.41, 5.74) is 1.23. The molecule has 0 unspecified atom stereocenters. The van der Waals surface area contributed by atoms with E-state index in [1.165, 1.54) is 50.6 Å². The van der Waals surface area contributed by atoms with E-state index in [-0.39, 0.29) is 6.10 Å². The lowest BCUT2D eigenvalue weighted by molar-refractivity contribution is 0.0823. The molecule has 0 bridgehead atoms. The van der Waals surface area contributed by atoms with Gasteiger partial charge in [-0.3, -0.25) is 4.68 Å². The number of hydrogen-bond donors (Lipinski definition) is 1. The number of aryl methyl sites for hydroxylation is 1. The highest BCUT2D eigenvalue weighted by molar-refractivity contribution is 5.08. The van der Waals surface area contributed by atoms with Gasteiger partial charge >= 0.3 is 0 Å². The van der Waals surface area contributed by atoms with Gasteiger partial charge in [0.1, 0.15) is 6.10 Å². The molecule has 1 aliphatic heterocycles. The van der Waals surface area contributed by atoms with Crippen molar-refractivity contribution in [1.29, 1.82) is 0 Å². The number of nitrogens with zero attached hydrogens (tertiary/aromatic N) is 2. The van der Waals surface area contributed by atoms with E-state index in [1.54, 1.807) is 0 Å². The Balaban J connectivity index is 1.31. The Morgan fingerprint density at radius 3 is 2.91 bits per heavy atom. The fourth-order valence-electron chi connectivity index (χ4n) is 4.56. The second-order valence-electron chi connectivity index (χ2n) is 7.59. The van der Waals surface area contributed by atoms with Crippen LogP contribution >= 0.6 is 0 Å². The van der Waals surface area contributed by atoms with Crippen LogP contribution in [0.3, 0.4) is 0 Å². The molecule has 1 N–H and O–H groups in total. The average molecular weight is 303 g/mol. The molecule has 1 saturated heterocycles. The molecule has 3 aliphatic rings. The smallest absolute Gasteiger partial charge is 0.103 e. The molecule has 4 rings (SSSR count). The van der Waals surface area contributed by atoms with Crippen molar-refractivity contribution in [3.05, 3.63) is 18.0 Å². The van der Waals surface area contributed by atoms with Gasteiger partial charge in [-0.15, -0.1) is 0 Å². The monoisotopic (exact) mass is 303 g/mol. The van der Waals surface area contributed by atoms with Crippen molar-refractivity contribution < 1.29 is 4.74 Å². The van der Waals surface area contributed by atoms with Crippen LogP contribution in [0.2, 0.25) is 0 Å². The van der Waals surface area contributed by atoms with Gasteiger partial charge in [-0.05, 0) is 50.0 Å². The van der Waals surface area contributed by atoms with Crippen LogP contribution in [-0.2, 0) is 11.8 Å². The fourth-order valence-corrected chi connectivity index (χ4v) is 4.56. The van der Waals surface area contributed by atoms with E-state index in [4.69, 9.17) is 4.74 Å². The Kier molecular flexibility index (Phi) is 4.23. The summed E-state index contributed by atoms with van der Waals surface area (Å²) in [7, 11) is 2.02. The minimum absolute atomic E-state index is 0.225. The van der Waals surface area contributed by atoms with Crippen LogP contribution in [0.15, 0.2) is 12.3 Å². The summed E-state index contributed by atoms with van der Waals surface area (Å²) in [4.78, 5) is 0. The fraction of sp³-hybridized carbons (Fsp3) is 0.833. The highest BCUT2D eigenvalue weighted by Gasteiger charge is 2.36. The molecule has 2 saturated carbocycles. The maximum Gasteiger partial charge on any atom is 0.103 e. The molecule has 2 heterocycles. The Bertz CT molecular complexity index is 496. The van der Waals surface area contributed by atoms with Crippen LogP contribution in [0.4, 0.5) is 0 Å². The summed E-state index contributed by atoms with van der Waals surface area (Å²) < 4.78 is 7.96. The number of ether oxygens (including phenoxy) is 1. The second kappa shape index (κ2) is 6.32. The van der Waals surface area contributed by atoms with Crippen molar-refractivity contribution in [1.82, 2.24) is 15.1 Å². The maximum atomic E-state index is 6.00. The molecular weight excluding hydrogens is 274 g/mol. The lowest BCUT2D eigenvalue weighted by Crippen LogP contribution is -2.38. The first kappa shape index (κ1) is 14.7. The number of aromatic nitrogens is 2. The van der Waals surface area contributed by atoms with Gasteiger partial charge in [0.05, 0.1) is 5.69 Å². The predicted octanol–water partition coefficient (Wildman–Crippen LogP) is 3.06. The summed E-state index contributed by atoms with van der Waals surface area (Å²) in [5.74, 6) is 2.68. The van der Waals surface area contributed by atoms with Gasteiger partial charge in [0, 0.05) is 38.4 Å². The molecule has 2 aliphatic carbocycles. The molecule has 0 aromatic carbocycles. The zero-order valence-corrected chi connectivity index (χ0v) is 13.7. The minimum Gasteiger partial charge on any atom is -0.372 e. The quantitative estimate of drug-likeness (QED) is 0.908.